The summed E-state index contributed by atoms with van der Waals surface area (Å²) in [4.78, 5) is 12.7. The Balaban J connectivity index is 1.75. The number of allylic oxidation sites excluding steroid dienone is 1. The van der Waals surface area contributed by atoms with Crippen molar-refractivity contribution in [3.63, 3.8) is 0 Å². The van der Waals surface area contributed by atoms with Crippen molar-refractivity contribution in [2.24, 2.45) is 7.05 Å². The van der Waals surface area contributed by atoms with Gasteiger partial charge in [-0.3, -0.25) is 9.48 Å². The van der Waals surface area contributed by atoms with Crippen molar-refractivity contribution in [3.8, 4) is 11.5 Å². The van der Waals surface area contributed by atoms with Crippen LogP contribution in [0.4, 0.5) is 0 Å². The number of carbonyl (C=O) groups is 1. The number of hydrogen-bond acceptors (Lipinski definition) is 4. The highest BCUT2D eigenvalue weighted by Crippen LogP contribution is 2.24. The number of rotatable bonds is 8. The van der Waals surface area contributed by atoms with E-state index in [4.69, 9.17) is 9.47 Å². The van der Waals surface area contributed by atoms with Crippen LogP contribution in [0.2, 0.25) is 0 Å². The van der Waals surface area contributed by atoms with Gasteiger partial charge in [0.1, 0.15) is 18.1 Å². The fourth-order valence-corrected chi connectivity index (χ4v) is 3.51. The SMILES string of the molecule is COc1ccc(/C=C/C(=O)c2c(C)nn(C)c2C)cc1COc1ccc(C(C)C)cc1. The average Bonchev–Trinajstić information content (AvgIpc) is 3.02. The predicted molar refractivity (Wildman–Crippen MR) is 124 cm³/mol. The van der Waals surface area contributed by atoms with Crippen LogP contribution in [-0.4, -0.2) is 22.7 Å². The van der Waals surface area contributed by atoms with Crippen LogP contribution in [0.3, 0.4) is 0 Å². The predicted octanol–water partition coefficient (Wildman–Crippen LogP) is 5.64. The lowest BCUT2D eigenvalue weighted by atomic mass is 10.0. The van der Waals surface area contributed by atoms with E-state index in [2.05, 4.69) is 31.1 Å². The number of benzene rings is 2. The molecule has 0 N–H and O–H groups in total. The highest BCUT2D eigenvalue weighted by atomic mass is 16.5. The van der Waals surface area contributed by atoms with Gasteiger partial charge in [-0.05, 0) is 61.2 Å². The average molecular weight is 419 g/mol. The Labute approximate surface area is 184 Å². The smallest absolute Gasteiger partial charge is 0.189 e. The molecule has 0 amide bonds. The van der Waals surface area contributed by atoms with E-state index in [1.807, 2.05) is 57.3 Å². The lowest BCUT2D eigenvalue weighted by molar-refractivity contribution is 0.104. The molecule has 0 bridgehead atoms. The molecule has 0 aliphatic rings. The highest BCUT2D eigenvalue weighted by molar-refractivity contribution is 6.08. The first kappa shape index (κ1) is 22.3. The summed E-state index contributed by atoms with van der Waals surface area (Å²) in [5.41, 5.74) is 5.35. The number of aromatic nitrogens is 2. The van der Waals surface area contributed by atoms with Gasteiger partial charge in [-0.1, -0.05) is 38.1 Å². The van der Waals surface area contributed by atoms with Crippen LogP contribution in [0, 0.1) is 13.8 Å². The fraction of sp³-hybridized carbons (Fsp3) is 0.308. The van der Waals surface area contributed by atoms with Crippen LogP contribution < -0.4 is 9.47 Å². The van der Waals surface area contributed by atoms with Gasteiger partial charge in [-0.15, -0.1) is 0 Å². The molecule has 0 unspecified atom stereocenters. The molecule has 0 fully saturated rings. The number of aryl methyl sites for hydroxylation is 2. The number of nitrogens with zero attached hydrogens (tertiary/aromatic N) is 2. The quantitative estimate of drug-likeness (QED) is 0.351. The number of ether oxygens (including phenoxy) is 2. The third kappa shape index (κ3) is 5.23. The Bertz CT molecular complexity index is 1090. The van der Waals surface area contributed by atoms with Crippen LogP contribution in [0.1, 0.15) is 58.2 Å². The molecule has 0 radical (unpaired) electrons. The largest absolute Gasteiger partial charge is 0.496 e. The first-order valence-corrected chi connectivity index (χ1v) is 10.4. The zero-order valence-corrected chi connectivity index (χ0v) is 19.1. The second-order valence-corrected chi connectivity index (χ2v) is 7.95. The molecule has 0 atom stereocenters. The van der Waals surface area contributed by atoms with Crippen molar-refractivity contribution in [1.82, 2.24) is 9.78 Å². The Morgan fingerprint density at radius 2 is 1.84 bits per heavy atom. The van der Waals surface area contributed by atoms with Gasteiger partial charge < -0.3 is 9.47 Å². The van der Waals surface area contributed by atoms with E-state index in [1.54, 1.807) is 17.9 Å². The summed E-state index contributed by atoms with van der Waals surface area (Å²) in [7, 11) is 3.48. The van der Waals surface area contributed by atoms with Gasteiger partial charge in [0.2, 0.25) is 0 Å². The van der Waals surface area contributed by atoms with Gasteiger partial charge in [0.25, 0.3) is 0 Å². The Morgan fingerprint density at radius 1 is 1.13 bits per heavy atom. The molecule has 31 heavy (non-hydrogen) atoms. The van der Waals surface area contributed by atoms with E-state index in [1.165, 1.54) is 5.56 Å². The van der Waals surface area contributed by atoms with E-state index in [0.29, 0.717) is 18.1 Å². The van der Waals surface area contributed by atoms with Crippen molar-refractivity contribution in [3.05, 3.63) is 82.2 Å². The first-order valence-electron chi connectivity index (χ1n) is 10.4. The van der Waals surface area contributed by atoms with Crippen molar-refractivity contribution in [2.45, 2.75) is 40.2 Å². The third-order valence-corrected chi connectivity index (χ3v) is 5.43. The number of methoxy groups -OCH3 is 1. The van der Waals surface area contributed by atoms with Crippen molar-refractivity contribution >= 4 is 11.9 Å². The molecule has 1 heterocycles. The van der Waals surface area contributed by atoms with Gasteiger partial charge in [-0.25, -0.2) is 0 Å². The lowest BCUT2D eigenvalue weighted by Gasteiger charge is -2.12. The number of hydrogen-bond donors (Lipinski definition) is 0. The number of ketones is 1. The van der Waals surface area contributed by atoms with Crippen LogP contribution in [0.5, 0.6) is 11.5 Å². The molecule has 5 nitrogen and oxygen atoms in total. The molecule has 3 rings (SSSR count). The van der Waals surface area contributed by atoms with Crippen molar-refractivity contribution in [1.29, 1.82) is 0 Å². The van der Waals surface area contributed by atoms with Gasteiger partial charge in [-0.2, -0.15) is 5.10 Å². The Morgan fingerprint density at radius 3 is 2.42 bits per heavy atom. The van der Waals surface area contributed by atoms with E-state index in [9.17, 15) is 4.79 Å². The molecular weight excluding hydrogens is 388 g/mol. The van der Waals surface area contributed by atoms with Crippen LogP contribution in [-0.2, 0) is 13.7 Å². The van der Waals surface area contributed by atoms with E-state index in [0.717, 1.165) is 34.0 Å². The fourth-order valence-electron chi connectivity index (χ4n) is 3.51. The van der Waals surface area contributed by atoms with Gasteiger partial charge >= 0.3 is 0 Å². The van der Waals surface area contributed by atoms with Gasteiger partial charge in [0.05, 0.1) is 18.4 Å². The number of carbonyl (C=O) groups excluding carboxylic acids is 1. The standard InChI is InChI=1S/C26H30N2O3/c1-17(2)21-9-11-23(12-10-21)31-16-22-15-20(8-14-25(22)30-6)7-13-24(29)26-18(3)27-28(5)19(26)4/h7-15,17H,16H2,1-6H3/b13-7+. The molecule has 0 aliphatic carbocycles. The maximum Gasteiger partial charge on any atom is 0.189 e. The second-order valence-electron chi connectivity index (χ2n) is 7.95. The summed E-state index contributed by atoms with van der Waals surface area (Å²) >= 11 is 0. The molecule has 0 spiro atoms. The summed E-state index contributed by atoms with van der Waals surface area (Å²) in [5, 5.41) is 4.32. The molecule has 162 valence electrons. The molecule has 3 aromatic rings. The first-order chi connectivity index (χ1) is 14.8. The zero-order valence-electron chi connectivity index (χ0n) is 19.1. The summed E-state index contributed by atoms with van der Waals surface area (Å²) in [5.74, 6) is 1.99. The lowest BCUT2D eigenvalue weighted by Crippen LogP contribution is -2.00. The van der Waals surface area contributed by atoms with E-state index in [-0.39, 0.29) is 5.78 Å². The van der Waals surface area contributed by atoms with Gasteiger partial charge in [0, 0.05) is 18.3 Å². The molecule has 0 saturated heterocycles. The highest BCUT2D eigenvalue weighted by Gasteiger charge is 2.15. The maximum absolute atomic E-state index is 12.7. The molecule has 0 saturated carbocycles. The summed E-state index contributed by atoms with van der Waals surface area (Å²) in [6.45, 7) is 8.46. The van der Waals surface area contributed by atoms with Crippen LogP contribution in [0.25, 0.3) is 6.08 Å². The monoisotopic (exact) mass is 418 g/mol. The molecule has 5 heteroatoms. The summed E-state index contributed by atoms with van der Waals surface area (Å²) in [6.07, 6.45) is 3.41. The minimum Gasteiger partial charge on any atom is -0.496 e. The Hall–Kier alpha value is -3.34. The topological polar surface area (TPSA) is 53.3 Å². The van der Waals surface area contributed by atoms with E-state index < -0.39 is 0 Å². The van der Waals surface area contributed by atoms with Crippen LogP contribution >= 0.6 is 0 Å². The second kappa shape index (κ2) is 9.65. The summed E-state index contributed by atoms with van der Waals surface area (Å²) in [6, 6.07) is 14.0. The molecule has 0 aliphatic heterocycles. The molecule has 2 aromatic carbocycles. The van der Waals surface area contributed by atoms with Crippen molar-refractivity contribution < 1.29 is 14.3 Å². The zero-order chi connectivity index (χ0) is 22.5. The molecular formula is C26H30N2O3. The minimum absolute atomic E-state index is 0.0537. The third-order valence-electron chi connectivity index (χ3n) is 5.43. The molecule has 1 aromatic heterocycles. The van der Waals surface area contributed by atoms with Crippen LogP contribution in [0.15, 0.2) is 48.5 Å². The van der Waals surface area contributed by atoms with E-state index >= 15 is 0 Å². The van der Waals surface area contributed by atoms with Gasteiger partial charge in [0.15, 0.2) is 5.78 Å². The summed E-state index contributed by atoms with van der Waals surface area (Å²) < 4.78 is 13.2. The Kier molecular flexibility index (Phi) is 6.95. The minimum atomic E-state index is -0.0537. The normalized spacial score (nSPS) is 11.3. The van der Waals surface area contributed by atoms with Crippen molar-refractivity contribution in [2.75, 3.05) is 7.11 Å². The maximum atomic E-state index is 12.7.